The van der Waals surface area contributed by atoms with E-state index in [1.165, 1.54) is 0 Å². The Hall–Kier alpha value is -2.94. The summed E-state index contributed by atoms with van der Waals surface area (Å²) < 4.78 is 5.49. The van der Waals surface area contributed by atoms with Gasteiger partial charge in [-0.2, -0.15) is 0 Å². The molecule has 3 heterocycles. The number of pyridine rings is 1. The Labute approximate surface area is 166 Å². The Bertz CT molecular complexity index is 1100. The van der Waals surface area contributed by atoms with Crippen LogP contribution < -0.4 is 11.1 Å². The van der Waals surface area contributed by atoms with Gasteiger partial charge in [0.1, 0.15) is 5.65 Å². The highest BCUT2D eigenvalue weighted by Gasteiger charge is 2.54. The van der Waals surface area contributed by atoms with Crippen molar-refractivity contribution in [2.75, 3.05) is 5.32 Å². The van der Waals surface area contributed by atoms with Crippen LogP contribution in [0.4, 0.5) is 5.69 Å². The molecule has 4 bridgehead atoms. The smallest absolute Gasteiger partial charge is 0.306 e. The molecule has 4 aliphatic carbocycles. The summed E-state index contributed by atoms with van der Waals surface area (Å²) >= 11 is 0. The second-order valence-corrected chi connectivity index (χ2v) is 8.93. The lowest BCUT2D eigenvalue weighted by atomic mass is 9.52. The minimum absolute atomic E-state index is 0.208. The van der Waals surface area contributed by atoms with E-state index in [0.29, 0.717) is 23.3 Å². The fourth-order valence-corrected chi connectivity index (χ4v) is 6.14. The van der Waals surface area contributed by atoms with Crippen LogP contribution in [0.3, 0.4) is 0 Å². The number of aliphatic hydroxyl groups is 1. The fourth-order valence-electron chi connectivity index (χ4n) is 6.14. The van der Waals surface area contributed by atoms with Crippen LogP contribution in [0.1, 0.15) is 42.8 Å². The topological polar surface area (TPSA) is 143 Å². The van der Waals surface area contributed by atoms with Crippen LogP contribution >= 0.6 is 0 Å². The Morgan fingerprint density at radius 1 is 1.28 bits per heavy atom. The molecule has 4 fully saturated rings. The number of nitrogens with two attached hydrogens (primary N) is 1. The summed E-state index contributed by atoms with van der Waals surface area (Å²) in [5.74, 6) is 0.726. The van der Waals surface area contributed by atoms with Crippen molar-refractivity contribution in [3.63, 3.8) is 0 Å². The molecule has 3 aromatic rings. The Kier molecular flexibility index (Phi) is 3.39. The fraction of sp³-hybridized carbons (Fsp3) is 0.500. The molecule has 7 rings (SSSR count). The molecule has 0 aromatic carbocycles. The Balaban J connectivity index is 1.42. The third kappa shape index (κ3) is 2.57. The zero-order valence-electron chi connectivity index (χ0n) is 15.8. The van der Waals surface area contributed by atoms with Gasteiger partial charge in [0.25, 0.3) is 5.89 Å². The van der Waals surface area contributed by atoms with Crippen molar-refractivity contribution in [3.8, 4) is 11.5 Å². The first-order valence-corrected chi connectivity index (χ1v) is 10.1. The van der Waals surface area contributed by atoms with Crippen LogP contribution in [0.15, 0.2) is 22.9 Å². The number of carbonyl (C=O) groups is 1. The van der Waals surface area contributed by atoms with Crippen molar-refractivity contribution in [2.45, 2.75) is 43.7 Å². The highest BCUT2D eigenvalue weighted by Crippen LogP contribution is 2.56. The van der Waals surface area contributed by atoms with E-state index in [1.807, 2.05) is 12.3 Å². The van der Waals surface area contributed by atoms with E-state index in [9.17, 15) is 9.90 Å². The minimum atomic E-state index is -0.761. The predicted molar refractivity (Wildman–Crippen MR) is 104 cm³/mol. The molecule has 9 heteroatoms. The summed E-state index contributed by atoms with van der Waals surface area (Å²) in [6.45, 7) is 0. The van der Waals surface area contributed by atoms with E-state index in [-0.39, 0.29) is 17.8 Å². The zero-order chi connectivity index (χ0) is 19.8. The molecule has 1 unspecified atom stereocenters. The van der Waals surface area contributed by atoms with E-state index in [0.717, 1.165) is 48.8 Å². The number of nitrogens with zero attached hydrogens (tertiary/aromatic N) is 3. The molecule has 0 saturated heterocycles. The van der Waals surface area contributed by atoms with Gasteiger partial charge in [-0.05, 0) is 55.9 Å². The van der Waals surface area contributed by atoms with Gasteiger partial charge in [0.05, 0.1) is 16.9 Å². The third-order valence-electron chi connectivity index (χ3n) is 7.00. The number of rotatable bonds is 4. The molecular formula is C20H22N6O3. The first kappa shape index (κ1) is 17.0. The minimum Gasteiger partial charge on any atom is -0.412 e. The van der Waals surface area contributed by atoms with Gasteiger partial charge in [-0.15, -0.1) is 10.2 Å². The van der Waals surface area contributed by atoms with Gasteiger partial charge in [0, 0.05) is 23.8 Å². The summed E-state index contributed by atoms with van der Waals surface area (Å²) in [6.07, 6.45) is 8.46. The molecule has 5 atom stereocenters. The van der Waals surface area contributed by atoms with E-state index in [4.69, 9.17) is 10.2 Å². The van der Waals surface area contributed by atoms with Crippen molar-refractivity contribution in [3.05, 3.63) is 24.4 Å². The molecule has 0 radical (unpaired) electrons. The van der Waals surface area contributed by atoms with Crippen molar-refractivity contribution in [1.29, 1.82) is 0 Å². The molecule has 1 amide bonds. The molecule has 4 aliphatic rings. The summed E-state index contributed by atoms with van der Waals surface area (Å²) in [5, 5.41) is 23.3. The number of nitrogens with one attached hydrogen (secondary N) is 2. The molecular weight excluding hydrogens is 372 g/mol. The maximum Gasteiger partial charge on any atom is 0.306 e. The summed E-state index contributed by atoms with van der Waals surface area (Å²) in [7, 11) is 0. The summed E-state index contributed by atoms with van der Waals surface area (Å²) in [4.78, 5) is 19.0. The van der Waals surface area contributed by atoms with Gasteiger partial charge in [0.15, 0.2) is 0 Å². The van der Waals surface area contributed by atoms with Gasteiger partial charge in [-0.25, -0.2) is 4.98 Å². The van der Waals surface area contributed by atoms with Crippen molar-refractivity contribution < 1.29 is 14.3 Å². The number of fused-ring (bicyclic) bond motifs is 1. The lowest BCUT2D eigenvalue weighted by Gasteiger charge is -2.58. The number of amides is 1. The van der Waals surface area contributed by atoms with E-state index in [2.05, 4.69) is 25.5 Å². The van der Waals surface area contributed by atoms with Gasteiger partial charge in [-0.1, -0.05) is 0 Å². The third-order valence-corrected chi connectivity index (χ3v) is 7.00. The lowest BCUT2D eigenvalue weighted by molar-refractivity contribution is -0.129. The van der Waals surface area contributed by atoms with Crippen LogP contribution in [0.25, 0.3) is 22.5 Å². The second kappa shape index (κ2) is 5.79. The van der Waals surface area contributed by atoms with Crippen LogP contribution in [0.5, 0.6) is 0 Å². The number of carbonyl (C=O) groups excluding carboxylic acids is 1. The number of hydrogen-bond acceptors (Lipinski definition) is 7. The predicted octanol–water partition coefficient (Wildman–Crippen LogP) is 2.06. The van der Waals surface area contributed by atoms with Gasteiger partial charge in [-0.3, -0.25) is 4.79 Å². The Morgan fingerprint density at radius 2 is 2.07 bits per heavy atom. The van der Waals surface area contributed by atoms with Crippen molar-refractivity contribution in [2.24, 2.45) is 23.5 Å². The monoisotopic (exact) mass is 394 g/mol. The number of primary amides is 1. The number of aromatic amines is 1. The standard InChI is InChI=1S/C20H22N6O3/c21-16(27)19-26-25-18(29-19)13-8-23-17-12(1-2-22-17)15(13)24-14-10-3-9-4-11(14)7-20(28,5-9)6-10/h1-2,8-11,14,28H,3-7H2,(H2,21,27)(H2,22,23,24)/t9?,10-,11+,14+,20-. The van der Waals surface area contributed by atoms with E-state index < -0.39 is 11.5 Å². The molecule has 4 saturated carbocycles. The van der Waals surface area contributed by atoms with Crippen molar-refractivity contribution in [1.82, 2.24) is 20.2 Å². The number of anilines is 1. The van der Waals surface area contributed by atoms with E-state index in [1.54, 1.807) is 6.20 Å². The molecule has 150 valence electrons. The highest BCUT2D eigenvalue weighted by molar-refractivity contribution is 5.97. The average molecular weight is 394 g/mol. The zero-order valence-corrected chi connectivity index (χ0v) is 15.8. The largest absolute Gasteiger partial charge is 0.412 e. The van der Waals surface area contributed by atoms with Crippen molar-refractivity contribution >= 4 is 22.6 Å². The first-order chi connectivity index (χ1) is 14.0. The molecule has 3 aromatic heterocycles. The van der Waals surface area contributed by atoms with Crippen LogP contribution in [0.2, 0.25) is 0 Å². The maximum absolute atomic E-state index is 11.4. The lowest BCUT2D eigenvalue weighted by Crippen LogP contribution is -2.59. The van der Waals surface area contributed by atoms with Gasteiger partial charge in [0.2, 0.25) is 0 Å². The van der Waals surface area contributed by atoms with Crippen LogP contribution in [-0.4, -0.2) is 42.8 Å². The number of aromatic nitrogens is 4. The summed E-state index contributed by atoms with van der Waals surface area (Å²) in [5.41, 5.74) is 7.04. The molecule has 0 aliphatic heterocycles. The highest BCUT2D eigenvalue weighted by atomic mass is 16.4. The van der Waals surface area contributed by atoms with Crippen LogP contribution in [-0.2, 0) is 0 Å². The SMILES string of the molecule is NC(=O)c1nnc(-c2cnc3[nH]ccc3c2N[C@H]2[C@@H]3CC4C[C@H]2C[C@@](O)(C4)C3)o1. The van der Waals surface area contributed by atoms with Gasteiger partial charge >= 0.3 is 11.8 Å². The van der Waals surface area contributed by atoms with E-state index >= 15 is 0 Å². The maximum atomic E-state index is 11.4. The molecule has 29 heavy (non-hydrogen) atoms. The average Bonchev–Trinajstić information content (AvgIpc) is 3.32. The number of H-pyrrole nitrogens is 1. The Morgan fingerprint density at radius 3 is 2.76 bits per heavy atom. The van der Waals surface area contributed by atoms with Crippen LogP contribution in [0, 0.1) is 17.8 Å². The first-order valence-electron chi connectivity index (χ1n) is 10.1. The normalized spacial score (nSPS) is 32.7. The summed E-state index contributed by atoms with van der Waals surface area (Å²) in [6, 6.07) is 2.23. The molecule has 5 N–H and O–H groups in total. The van der Waals surface area contributed by atoms with Gasteiger partial charge < -0.3 is 25.6 Å². The quantitative estimate of drug-likeness (QED) is 0.530. The molecule has 0 spiro atoms. The second-order valence-electron chi connectivity index (χ2n) is 8.93. The number of hydrogen-bond donors (Lipinski definition) is 4. The molecule has 9 nitrogen and oxygen atoms in total.